The number of aromatic amines is 1. The summed E-state index contributed by atoms with van der Waals surface area (Å²) in [6, 6.07) is 10.8. The number of piperidine rings is 1. The lowest BCUT2D eigenvalue weighted by Gasteiger charge is -2.33. The number of aryl methyl sites for hydroxylation is 1. The average molecular weight is 457 g/mol. The Morgan fingerprint density at radius 2 is 1.75 bits per heavy atom. The molecule has 0 radical (unpaired) electrons. The maximum Gasteiger partial charge on any atom is 0.326 e. The lowest BCUT2D eigenvalue weighted by molar-refractivity contribution is 0.0694. The number of amides is 1. The van der Waals surface area contributed by atoms with Crippen LogP contribution in [-0.4, -0.2) is 60.3 Å². The molecule has 170 valence electrons. The SMILES string of the molecule is Cc1cc(C(=O)N2CCC(n3c(=O)[nH]c4ccccc43)CC2)cc(S(=O)(=O)N(C)C)c1C. The molecule has 0 spiro atoms. The van der Waals surface area contributed by atoms with Crippen LogP contribution in [0.4, 0.5) is 0 Å². The highest BCUT2D eigenvalue weighted by Gasteiger charge is 2.28. The summed E-state index contributed by atoms with van der Waals surface area (Å²) in [4.78, 5) is 30.5. The van der Waals surface area contributed by atoms with Crippen LogP contribution in [-0.2, 0) is 10.0 Å². The number of rotatable bonds is 4. The van der Waals surface area contributed by atoms with Gasteiger partial charge in [0.2, 0.25) is 10.0 Å². The van der Waals surface area contributed by atoms with Crippen LogP contribution in [0.25, 0.3) is 11.0 Å². The van der Waals surface area contributed by atoms with Crippen molar-refractivity contribution in [2.45, 2.75) is 37.6 Å². The third-order valence-corrected chi connectivity index (χ3v) is 8.31. The first kappa shape index (κ1) is 22.3. The maximum absolute atomic E-state index is 13.2. The highest BCUT2D eigenvalue weighted by Crippen LogP contribution is 2.28. The fourth-order valence-electron chi connectivity index (χ4n) is 4.36. The van der Waals surface area contributed by atoms with Gasteiger partial charge in [-0.2, -0.15) is 0 Å². The minimum Gasteiger partial charge on any atom is -0.338 e. The quantitative estimate of drug-likeness (QED) is 0.653. The zero-order chi connectivity index (χ0) is 23.2. The predicted octanol–water partition coefficient (Wildman–Crippen LogP) is 2.67. The van der Waals surface area contributed by atoms with Crippen LogP contribution in [0.1, 0.15) is 40.4 Å². The molecular weight excluding hydrogens is 428 g/mol. The van der Waals surface area contributed by atoms with E-state index in [1.54, 1.807) is 22.5 Å². The van der Waals surface area contributed by atoms with Crippen molar-refractivity contribution in [2.24, 2.45) is 0 Å². The van der Waals surface area contributed by atoms with Crippen molar-refractivity contribution in [1.82, 2.24) is 18.8 Å². The Balaban J connectivity index is 1.57. The molecule has 1 fully saturated rings. The van der Waals surface area contributed by atoms with Gasteiger partial charge in [-0.1, -0.05) is 12.1 Å². The molecule has 2 aromatic carbocycles. The molecule has 2 heterocycles. The molecule has 1 aliphatic rings. The summed E-state index contributed by atoms with van der Waals surface area (Å²) in [5.41, 5.74) is 3.32. The summed E-state index contributed by atoms with van der Waals surface area (Å²) in [5.74, 6) is -0.187. The molecule has 3 aromatic rings. The molecule has 1 N–H and O–H groups in total. The molecule has 1 amide bonds. The van der Waals surface area contributed by atoms with E-state index in [1.807, 2.05) is 31.2 Å². The number of benzene rings is 2. The Kier molecular flexibility index (Phi) is 5.72. The van der Waals surface area contributed by atoms with Crippen molar-refractivity contribution >= 4 is 27.0 Å². The van der Waals surface area contributed by atoms with Crippen LogP contribution in [0.2, 0.25) is 0 Å². The molecule has 1 aromatic heterocycles. The van der Waals surface area contributed by atoms with Gasteiger partial charge < -0.3 is 9.88 Å². The van der Waals surface area contributed by atoms with Crippen LogP contribution in [0.5, 0.6) is 0 Å². The van der Waals surface area contributed by atoms with E-state index in [1.165, 1.54) is 20.2 Å². The van der Waals surface area contributed by atoms with Crippen molar-refractivity contribution in [2.75, 3.05) is 27.2 Å². The van der Waals surface area contributed by atoms with Gasteiger partial charge in [0.05, 0.1) is 15.9 Å². The van der Waals surface area contributed by atoms with E-state index in [2.05, 4.69) is 4.98 Å². The molecule has 0 aliphatic carbocycles. The number of nitrogens with one attached hydrogen (secondary N) is 1. The van der Waals surface area contributed by atoms with Gasteiger partial charge in [0.1, 0.15) is 0 Å². The number of fused-ring (bicyclic) bond motifs is 1. The lowest BCUT2D eigenvalue weighted by Crippen LogP contribution is -2.40. The number of carbonyl (C=O) groups excluding carboxylic acids is 1. The highest BCUT2D eigenvalue weighted by molar-refractivity contribution is 7.89. The Bertz CT molecular complexity index is 1350. The van der Waals surface area contributed by atoms with Gasteiger partial charge in [0.15, 0.2) is 0 Å². The highest BCUT2D eigenvalue weighted by atomic mass is 32.2. The zero-order valence-corrected chi connectivity index (χ0v) is 19.6. The third kappa shape index (κ3) is 3.75. The number of likely N-dealkylation sites (tertiary alicyclic amines) is 1. The fraction of sp³-hybridized carbons (Fsp3) is 0.391. The van der Waals surface area contributed by atoms with E-state index in [0.29, 0.717) is 37.1 Å². The molecule has 32 heavy (non-hydrogen) atoms. The largest absolute Gasteiger partial charge is 0.338 e. The van der Waals surface area contributed by atoms with Gasteiger partial charge >= 0.3 is 5.69 Å². The van der Waals surface area contributed by atoms with Crippen molar-refractivity contribution in [3.05, 3.63) is 63.6 Å². The van der Waals surface area contributed by atoms with Gasteiger partial charge in [0, 0.05) is 38.8 Å². The second kappa shape index (κ2) is 8.22. The first-order valence-corrected chi connectivity index (χ1v) is 12.1. The van der Waals surface area contributed by atoms with E-state index in [4.69, 9.17) is 0 Å². The number of carbonyl (C=O) groups is 1. The zero-order valence-electron chi connectivity index (χ0n) is 18.8. The van der Waals surface area contributed by atoms with Crippen LogP contribution in [0.15, 0.2) is 46.1 Å². The van der Waals surface area contributed by atoms with E-state index in [-0.39, 0.29) is 22.5 Å². The first-order valence-electron chi connectivity index (χ1n) is 10.6. The van der Waals surface area contributed by atoms with E-state index in [0.717, 1.165) is 20.9 Å². The molecule has 0 saturated carbocycles. The second-order valence-electron chi connectivity index (χ2n) is 8.54. The number of aromatic nitrogens is 2. The minimum atomic E-state index is -3.66. The second-order valence-corrected chi connectivity index (χ2v) is 10.7. The first-order chi connectivity index (χ1) is 15.1. The molecule has 0 bridgehead atoms. The normalized spacial score (nSPS) is 15.6. The Hall–Kier alpha value is -2.91. The van der Waals surface area contributed by atoms with Crippen molar-refractivity contribution in [3.63, 3.8) is 0 Å². The molecule has 0 atom stereocenters. The summed E-state index contributed by atoms with van der Waals surface area (Å²) in [7, 11) is -0.695. The lowest BCUT2D eigenvalue weighted by atomic mass is 10.0. The maximum atomic E-state index is 13.2. The molecule has 8 nitrogen and oxygen atoms in total. The van der Waals surface area contributed by atoms with Crippen molar-refractivity contribution in [3.8, 4) is 0 Å². The van der Waals surface area contributed by atoms with Gasteiger partial charge in [0.25, 0.3) is 5.91 Å². The Labute approximate surface area is 187 Å². The third-order valence-electron chi connectivity index (χ3n) is 6.37. The molecule has 1 saturated heterocycles. The summed E-state index contributed by atoms with van der Waals surface area (Å²) >= 11 is 0. The van der Waals surface area contributed by atoms with Gasteiger partial charge in [-0.3, -0.25) is 9.36 Å². The fourth-order valence-corrected chi connectivity index (χ4v) is 5.58. The number of imidazole rings is 1. The number of hydrogen-bond acceptors (Lipinski definition) is 4. The molecule has 1 aliphatic heterocycles. The average Bonchev–Trinajstić information content (AvgIpc) is 3.10. The van der Waals surface area contributed by atoms with Crippen molar-refractivity contribution < 1.29 is 13.2 Å². The van der Waals surface area contributed by atoms with E-state index >= 15 is 0 Å². The molecular formula is C23H28N4O4S. The number of H-pyrrole nitrogens is 1. The Morgan fingerprint density at radius 1 is 1.09 bits per heavy atom. The summed E-state index contributed by atoms with van der Waals surface area (Å²) in [6.07, 6.45) is 1.31. The summed E-state index contributed by atoms with van der Waals surface area (Å²) in [5, 5.41) is 0. The van der Waals surface area contributed by atoms with E-state index in [9.17, 15) is 18.0 Å². The van der Waals surface area contributed by atoms with Gasteiger partial charge in [-0.05, 0) is 62.1 Å². The molecule has 4 rings (SSSR count). The summed E-state index contributed by atoms with van der Waals surface area (Å²) in [6.45, 7) is 4.57. The molecule has 9 heteroatoms. The molecule has 0 unspecified atom stereocenters. The number of nitrogens with zero attached hydrogens (tertiary/aromatic N) is 3. The number of hydrogen-bond donors (Lipinski definition) is 1. The van der Waals surface area contributed by atoms with Crippen LogP contribution in [0.3, 0.4) is 0 Å². The van der Waals surface area contributed by atoms with Gasteiger partial charge in [-0.15, -0.1) is 0 Å². The van der Waals surface area contributed by atoms with Crippen LogP contribution in [0, 0.1) is 13.8 Å². The van der Waals surface area contributed by atoms with Crippen LogP contribution >= 0.6 is 0 Å². The Morgan fingerprint density at radius 3 is 2.41 bits per heavy atom. The minimum absolute atomic E-state index is 0.00661. The number of sulfonamides is 1. The number of para-hydroxylation sites is 2. The van der Waals surface area contributed by atoms with Crippen LogP contribution < -0.4 is 5.69 Å². The standard InChI is InChI=1S/C23H28N4O4S/c1-15-13-17(14-21(16(15)2)32(30,31)25(3)4)22(28)26-11-9-18(10-12-26)27-20-8-6-5-7-19(20)24-23(27)29/h5-8,13-14,18H,9-12H2,1-4H3,(H,24,29). The predicted molar refractivity (Wildman–Crippen MR) is 124 cm³/mol. The smallest absolute Gasteiger partial charge is 0.326 e. The van der Waals surface area contributed by atoms with E-state index < -0.39 is 10.0 Å². The topological polar surface area (TPSA) is 95.5 Å². The van der Waals surface area contributed by atoms with Crippen molar-refractivity contribution in [1.29, 1.82) is 0 Å². The summed E-state index contributed by atoms with van der Waals surface area (Å²) < 4.78 is 28.4. The monoisotopic (exact) mass is 456 g/mol. The van der Waals surface area contributed by atoms with Gasteiger partial charge in [-0.25, -0.2) is 17.5 Å².